The fourth-order valence-corrected chi connectivity index (χ4v) is 1.73. The maximum atomic E-state index is 12.3. The van der Waals surface area contributed by atoms with Crippen LogP contribution in [0.1, 0.15) is 24.2 Å². The van der Waals surface area contributed by atoms with Crippen LogP contribution in [0.15, 0.2) is 18.2 Å². The van der Waals surface area contributed by atoms with Crippen LogP contribution in [0.4, 0.5) is 5.69 Å². The summed E-state index contributed by atoms with van der Waals surface area (Å²) in [5.41, 5.74) is -0.222. The highest BCUT2D eigenvalue weighted by atomic mass is 16.6. The Labute approximate surface area is 105 Å². The minimum Gasteiger partial charge on any atom is -0.496 e. The van der Waals surface area contributed by atoms with E-state index in [1.165, 1.54) is 24.1 Å². The van der Waals surface area contributed by atoms with Gasteiger partial charge in [-0.05, 0) is 19.9 Å². The third-order valence-corrected chi connectivity index (χ3v) is 2.69. The molecule has 0 heterocycles. The van der Waals surface area contributed by atoms with Crippen molar-refractivity contribution >= 4 is 11.6 Å². The standard InChI is InChI=1S/C12H16N2O4/c1-4-13(5-2)12(15)11-9(14(16)17)7-6-8-10(11)18-3/h6-8H,4-5H2,1-3H3. The maximum absolute atomic E-state index is 12.3. The highest BCUT2D eigenvalue weighted by Crippen LogP contribution is 2.29. The molecule has 1 aromatic rings. The molecule has 0 saturated heterocycles. The van der Waals surface area contributed by atoms with Gasteiger partial charge in [0.05, 0.1) is 12.0 Å². The number of carbonyl (C=O) groups excluding carboxylic acids is 1. The Morgan fingerprint density at radius 2 is 2.00 bits per heavy atom. The summed E-state index contributed by atoms with van der Waals surface area (Å²) in [7, 11) is 1.39. The molecule has 1 amide bonds. The molecule has 0 atom stereocenters. The Hall–Kier alpha value is -2.11. The Bertz CT molecular complexity index is 455. The van der Waals surface area contributed by atoms with Crippen molar-refractivity contribution in [3.05, 3.63) is 33.9 Å². The van der Waals surface area contributed by atoms with Crippen LogP contribution in [0.25, 0.3) is 0 Å². The Balaban J connectivity index is 3.35. The van der Waals surface area contributed by atoms with Gasteiger partial charge in [0.2, 0.25) is 0 Å². The van der Waals surface area contributed by atoms with E-state index in [0.717, 1.165) is 0 Å². The lowest BCUT2D eigenvalue weighted by molar-refractivity contribution is -0.385. The average molecular weight is 252 g/mol. The van der Waals surface area contributed by atoms with E-state index in [1.807, 2.05) is 13.8 Å². The first-order valence-electron chi connectivity index (χ1n) is 5.67. The number of nitrogens with zero attached hydrogens (tertiary/aromatic N) is 2. The number of hydrogen-bond acceptors (Lipinski definition) is 4. The van der Waals surface area contributed by atoms with Gasteiger partial charge in [0.15, 0.2) is 5.56 Å². The number of nitro benzene ring substituents is 1. The molecule has 0 unspecified atom stereocenters. The molecule has 0 aliphatic carbocycles. The normalized spacial score (nSPS) is 9.94. The molecule has 6 nitrogen and oxygen atoms in total. The van der Waals surface area contributed by atoms with Gasteiger partial charge in [0.1, 0.15) is 5.75 Å². The number of carbonyl (C=O) groups is 1. The Kier molecular flexibility index (Phi) is 4.65. The molecule has 0 saturated carbocycles. The van der Waals surface area contributed by atoms with Crippen molar-refractivity contribution in [2.75, 3.05) is 20.2 Å². The van der Waals surface area contributed by atoms with Gasteiger partial charge in [-0.15, -0.1) is 0 Å². The van der Waals surface area contributed by atoms with Crippen LogP contribution in [-0.2, 0) is 0 Å². The van der Waals surface area contributed by atoms with Gasteiger partial charge in [-0.1, -0.05) is 6.07 Å². The molecule has 0 N–H and O–H groups in total. The largest absolute Gasteiger partial charge is 0.496 e. The van der Waals surface area contributed by atoms with E-state index in [2.05, 4.69) is 0 Å². The van der Waals surface area contributed by atoms with Gasteiger partial charge in [-0.2, -0.15) is 0 Å². The van der Waals surface area contributed by atoms with Crippen molar-refractivity contribution in [1.29, 1.82) is 0 Å². The lowest BCUT2D eigenvalue weighted by atomic mass is 10.1. The number of benzene rings is 1. The van der Waals surface area contributed by atoms with Crippen molar-refractivity contribution in [2.45, 2.75) is 13.8 Å². The highest BCUT2D eigenvalue weighted by Gasteiger charge is 2.27. The molecule has 0 aromatic heterocycles. The van der Waals surface area contributed by atoms with Gasteiger partial charge in [-0.3, -0.25) is 14.9 Å². The van der Waals surface area contributed by atoms with E-state index >= 15 is 0 Å². The van der Waals surface area contributed by atoms with Gasteiger partial charge < -0.3 is 9.64 Å². The molecule has 1 aromatic carbocycles. The molecule has 98 valence electrons. The second kappa shape index (κ2) is 6.00. The zero-order valence-corrected chi connectivity index (χ0v) is 10.7. The zero-order chi connectivity index (χ0) is 13.7. The van der Waals surface area contributed by atoms with E-state index in [9.17, 15) is 14.9 Å². The van der Waals surface area contributed by atoms with Crippen LogP contribution >= 0.6 is 0 Å². The molecule has 0 aliphatic heterocycles. The van der Waals surface area contributed by atoms with Crippen LogP contribution in [0.3, 0.4) is 0 Å². The van der Waals surface area contributed by atoms with Crippen LogP contribution in [0, 0.1) is 10.1 Å². The van der Waals surface area contributed by atoms with Crippen molar-refractivity contribution in [3.8, 4) is 5.75 Å². The minimum absolute atomic E-state index is 0.00806. The molecule has 0 fully saturated rings. The second-order valence-electron chi connectivity index (χ2n) is 3.59. The van der Waals surface area contributed by atoms with Crippen molar-refractivity contribution in [1.82, 2.24) is 4.90 Å². The number of nitro groups is 1. The van der Waals surface area contributed by atoms with Gasteiger partial charge in [0, 0.05) is 19.2 Å². The molecule has 0 spiro atoms. The second-order valence-corrected chi connectivity index (χ2v) is 3.59. The van der Waals surface area contributed by atoms with Crippen LogP contribution in [0.2, 0.25) is 0 Å². The third kappa shape index (κ3) is 2.58. The summed E-state index contributed by atoms with van der Waals surface area (Å²) < 4.78 is 5.04. The SMILES string of the molecule is CCN(CC)C(=O)c1c(OC)cccc1[N+](=O)[O-]. The molecule has 0 radical (unpaired) electrons. The fraction of sp³-hybridized carbons (Fsp3) is 0.417. The number of methoxy groups -OCH3 is 1. The summed E-state index contributed by atoms with van der Waals surface area (Å²) >= 11 is 0. The summed E-state index contributed by atoms with van der Waals surface area (Å²) in [4.78, 5) is 24.2. The summed E-state index contributed by atoms with van der Waals surface area (Å²) in [6.45, 7) is 4.63. The number of amides is 1. The molecule has 0 bridgehead atoms. The smallest absolute Gasteiger partial charge is 0.285 e. The Morgan fingerprint density at radius 3 is 2.44 bits per heavy atom. The van der Waals surface area contributed by atoms with Gasteiger partial charge in [0.25, 0.3) is 11.6 Å². The van der Waals surface area contributed by atoms with Gasteiger partial charge >= 0.3 is 0 Å². The predicted molar refractivity (Wildman–Crippen MR) is 66.9 cm³/mol. The number of ether oxygens (including phenoxy) is 1. The number of rotatable bonds is 5. The Morgan fingerprint density at radius 1 is 1.39 bits per heavy atom. The minimum atomic E-state index is -0.570. The van der Waals surface area contributed by atoms with Gasteiger partial charge in [-0.25, -0.2) is 0 Å². The summed E-state index contributed by atoms with van der Waals surface area (Å²) in [5, 5.41) is 11.0. The lowest BCUT2D eigenvalue weighted by Crippen LogP contribution is -2.31. The summed E-state index contributed by atoms with van der Waals surface area (Å²) in [5.74, 6) is -0.162. The van der Waals surface area contributed by atoms with Crippen molar-refractivity contribution in [3.63, 3.8) is 0 Å². The molecule has 0 aliphatic rings. The average Bonchev–Trinajstić information content (AvgIpc) is 2.38. The van der Waals surface area contributed by atoms with E-state index in [1.54, 1.807) is 6.07 Å². The predicted octanol–water partition coefficient (Wildman–Crippen LogP) is 2.09. The number of hydrogen-bond donors (Lipinski definition) is 0. The highest BCUT2D eigenvalue weighted by molar-refractivity contribution is 6.00. The quantitative estimate of drug-likeness (QED) is 0.594. The molecule has 18 heavy (non-hydrogen) atoms. The molecular formula is C12H16N2O4. The third-order valence-electron chi connectivity index (χ3n) is 2.69. The van der Waals surface area contributed by atoms with E-state index in [4.69, 9.17) is 4.74 Å². The maximum Gasteiger partial charge on any atom is 0.285 e. The van der Waals surface area contributed by atoms with Crippen LogP contribution < -0.4 is 4.74 Å². The fourth-order valence-electron chi connectivity index (χ4n) is 1.73. The van der Waals surface area contributed by atoms with E-state index in [-0.39, 0.29) is 22.9 Å². The first-order valence-corrected chi connectivity index (χ1v) is 5.67. The monoisotopic (exact) mass is 252 g/mol. The van der Waals surface area contributed by atoms with Crippen LogP contribution in [0.5, 0.6) is 5.75 Å². The summed E-state index contributed by atoms with van der Waals surface area (Å²) in [6, 6.07) is 4.35. The van der Waals surface area contributed by atoms with Crippen LogP contribution in [-0.4, -0.2) is 35.9 Å². The topological polar surface area (TPSA) is 72.7 Å². The lowest BCUT2D eigenvalue weighted by Gasteiger charge is -2.19. The van der Waals surface area contributed by atoms with E-state index < -0.39 is 4.92 Å². The zero-order valence-electron chi connectivity index (χ0n) is 10.7. The molecule has 1 rings (SSSR count). The van der Waals surface area contributed by atoms with Crippen molar-refractivity contribution in [2.24, 2.45) is 0 Å². The first-order chi connectivity index (χ1) is 8.56. The summed E-state index contributed by atoms with van der Waals surface area (Å²) in [6.07, 6.45) is 0. The van der Waals surface area contributed by atoms with E-state index in [0.29, 0.717) is 13.1 Å². The first kappa shape index (κ1) is 14.0. The molecular weight excluding hydrogens is 236 g/mol. The molecule has 6 heteroatoms. The van der Waals surface area contributed by atoms with Crippen molar-refractivity contribution < 1.29 is 14.5 Å².